The zero-order chi connectivity index (χ0) is 14.3. The fraction of sp³-hybridized carbons (Fsp3) is 0.857. The number of hydrogen-bond donors (Lipinski definition) is 2. The summed E-state index contributed by atoms with van der Waals surface area (Å²) in [6.07, 6.45) is 0.812. The Labute approximate surface area is 111 Å². The van der Waals surface area contributed by atoms with Crippen LogP contribution in [0.5, 0.6) is 0 Å². The number of Topliss-reactive ketones (excluding diaryl/α,β-unsaturated/α-hetero) is 1. The Morgan fingerprint density at radius 1 is 1.06 bits per heavy atom. The van der Waals surface area contributed by atoms with Crippen molar-refractivity contribution in [1.29, 1.82) is 0 Å². The quantitative estimate of drug-likeness (QED) is 0.695. The van der Waals surface area contributed by atoms with Crippen LogP contribution in [0.25, 0.3) is 0 Å². The third-order valence-corrected chi connectivity index (χ3v) is 3.06. The Balaban J connectivity index is 4.31. The number of carbonyl (C=O) groups excluding carboxylic acids is 2. The van der Waals surface area contributed by atoms with E-state index in [2.05, 4.69) is 10.6 Å². The van der Waals surface area contributed by atoms with E-state index in [9.17, 15) is 9.59 Å². The predicted molar refractivity (Wildman–Crippen MR) is 74.4 cm³/mol. The standard InChI is InChI=1S/C14H28N2O2/c1-7-11(6)12(17)8-15-14(18)13(9(2)3)16-10(4)5/h9-11,13,16H,7-8H2,1-6H3,(H,15,18). The summed E-state index contributed by atoms with van der Waals surface area (Å²) in [5, 5.41) is 5.96. The lowest BCUT2D eigenvalue weighted by molar-refractivity contribution is -0.128. The Bertz CT molecular complexity index is 275. The van der Waals surface area contributed by atoms with Crippen molar-refractivity contribution in [2.45, 2.75) is 60.0 Å². The maximum Gasteiger partial charge on any atom is 0.237 e. The van der Waals surface area contributed by atoms with Crippen molar-refractivity contribution in [3.05, 3.63) is 0 Å². The average molecular weight is 256 g/mol. The van der Waals surface area contributed by atoms with Gasteiger partial charge >= 0.3 is 0 Å². The SMILES string of the molecule is CCC(C)C(=O)CNC(=O)C(NC(C)C)C(C)C. The first-order valence-electron chi connectivity index (χ1n) is 6.86. The number of amides is 1. The van der Waals surface area contributed by atoms with E-state index in [1.807, 2.05) is 41.5 Å². The molecule has 0 aliphatic rings. The van der Waals surface area contributed by atoms with Gasteiger partial charge in [-0.3, -0.25) is 9.59 Å². The maximum atomic E-state index is 12.0. The van der Waals surface area contributed by atoms with E-state index < -0.39 is 0 Å². The van der Waals surface area contributed by atoms with E-state index in [1.54, 1.807) is 0 Å². The lowest BCUT2D eigenvalue weighted by Gasteiger charge is -2.24. The molecule has 0 aromatic rings. The van der Waals surface area contributed by atoms with Gasteiger partial charge < -0.3 is 10.6 Å². The van der Waals surface area contributed by atoms with Gasteiger partial charge in [0.15, 0.2) is 5.78 Å². The molecule has 4 heteroatoms. The molecule has 2 N–H and O–H groups in total. The van der Waals surface area contributed by atoms with Crippen LogP contribution in [-0.2, 0) is 9.59 Å². The third-order valence-electron chi connectivity index (χ3n) is 3.06. The van der Waals surface area contributed by atoms with Gasteiger partial charge in [0, 0.05) is 12.0 Å². The molecule has 0 saturated heterocycles. The van der Waals surface area contributed by atoms with E-state index >= 15 is 0 Å². The fourth-order valence-electron chi connectivity index (χ4n) is 1.62. The number of carbonyl (C=O) groups is 2. The first-order valence-corrected chi connectivity index (χ1v) is 6.86. The second kappa shape index (κ2) is 8.25. The van der Waals surface area contributed by atoms with Crippen LogP contribution in [0.15, 0.2) is 0 Å². The zero-order valence-corrected chi connectivity index (χ0v) is 12.5. The van der Waals surface area contributed by atoms with E-state index in [-0.39, 0.29) is 42.2 Å². The molecule has 0 fully saturated rings. The fourth-order valence-corrected chi connectivity index (χ4v) is 1.62. The van der Waals surface area contributed by atoms with E-state index in [0.29, 0.717) is 0 Å². The van der Waals surface area contributed by atoms with Crippen molar-refractivity contribution < 1.29 is 9.59 Å². The summed E-state index contributed by atoms with van der Waals surface area (Å²) < 4.78 is 0. The minimum absolute atomic E-state index is 0.0147. The largest absolute Gasteiger partial charge is 0.348 e. The molecule has 0 radical (unpaired) electrons. The molecule has 0 aromatic heterocycles. The van der Waals surface area contributed by atoms with Crippen LogP contribution in [0.1, 0.15) is 48.0 Å². The minimum Gasteiger partial charge on any atom is -0.348 e. The van der Waals surface area contributed by atoms with Gasteiger partial charge in [-0.25, -0.2) is 0 Å². The number of ketones is 1. The summed E-state index contributed by atoms with van der Waals surface area (Å²) in [4.78, 5) is 23.7. The lowest BCUT2D eigenvalue weighted by Crippen LogP contribution is -2.51. The van der Waals surface area contributed by atoms with Crippen molar-refractivity contribution in [3.63, 3.8) is 0 Å². The Morgan fingerprint density at radius 3 is 2.00 bits per heavy atom. The lowest BCUT2D eigenvalue weighted by atomic mass is 10.0. The smallest absolute Gasteiger partial charge is 0.237 e. The highest BCUT2D eigenvalue weighted by atomic mass is 16.2. The molecule has 1 amide bonds. The van der Waals surface area contributed by atoms with Crippen LogP contribution in [0.3, 0.4) is 0 Å². The highest BCUT2D eigenvalue weighted by Gasteiger charge is 2.23. The molecular formula is C14H28N2O2. The second-order valence-corrected chi connectivity index (χ2v) is 5.54. The molecule has 0 spiro atoms. The third kappa shape index (κ3) is 6.15. The Morgan fingerprint density at radius 2 is 1.61 bits per heavy atom. The van der Waals surface area contributed by atoms with Gasteiger partial charge in [0.05, 0.1) is 12.6 Å². The van der Waals surface area contributed by atoms with E-state index in [1.165, 1.54) is 0 Å². The number of hydrogen-bond acceptors (Lipinski definition) is 3. The molecule has 4 nitrogen and oxygen atoms in total. The summed E-state index contributed by atoms with van der Waals surface area (Å²) in [5.74, 6) is 0.222. The second-order valence-electron chi connectivity index (χ2n) is 5.54. The van der Waals surface area contributed by atoms with Gasteiger partial charge in [0.25, 0.3) is 0 Å². The molecule has 0 bridgehead atoms. The molecule has 0 saturated carbocycles. The summed E-state index contributed by atoms with van der Waals surface area (Å²) in [6, 6.07) is 0.00292. The molecule has 0 aliphatic carbocycles. The van der Waals surface area contributed by atoms with Crippen LogP contribution in [-0.4, -0.2) is 30.3 Å². The first kappa shape index (κ1) is 17.1. The molecule has 0 rings (SSSR count). The molecule has 106 valence electrons. The zero-order valence-electron chi connectivity index (χ0n) is 12.5. The number of nitrogens with one attached hydrogen (secondary N) is 2. The van der Waals surface area contributed by atoms with Crippen molar-refractivity contribution in [3.8, 4) is 0 Å². The van der Waals surface area contributed by atoms with E-state index in [0.717, 1.165) is 6.42 Å². The normalized spacial score (nSPS) is 14.7. The van der Waals surface area contributed by atoms with E-state index in [4.69, 9.17) is 0 Å². The molecule has 0 aromatic carbocycles. The van der Waals surface area contributed by atoms with Crippen molar-refractivity contribution >= 4 is 11.7 Å². The molecule has 0 aliphatic heterocycles. The molecule has 2 atom stereocenters. The van der Waals surface area contributed by atoms with Crippen LogP contribution in [0, 0.1) is 11.8 Å². The maximum absolute atomic E-state index is 12.0. The Kier molecular flexibility index (Phi) is 7.83. The van der Waals surface area contributed by atoms with Gasteiger partial charge in [-0.15, -0.1) is 0 Å². The molecule has 0 heterocycles. The van der Waals surface area contributed by atoms with Crippen molar-refractivity contribution in [2.24, 2.45) is 11.8 Å². The van der Waals surface area contributed by atoms with Gasteiger partial charge in [0.2, 0.25) is 5.91 Å². The monoisotopic (exact) mass is 256 g/mol. The summed E-state index contributed by atoms with van der Waals surface area (Å²) in [7, 11) is 0. The van der Waals surface area contributed by atoms with Crippen LogP contribution < -0.4 is 10.6 Å². The first-order chi connectivity index (χ1) is 8.29. The van der Waals surface area contributed by atoms with Gasteiger partial charge in [-0.05, 0) is 12.3 Å². The Hall–Kier alpha value is -0.900. The topological polar surface area (TPSA) is 58.2 Å². The van der Waals surface area contributed by atoms with Gasteiger partial charge in [-0.1, -0.05) is 41.5 Å². The van der Waals surface area contributed by atoms with Gasteiger partial charge in [0.1, 0.15) is 0 Å². The van der Waals surface area contributed by atoms with Crippen molar-refractivity contribution in [1.82, 2.24) is 10.6 Å². The predicted octanol–water partition coefficient (Wildman–Crippen LogP) is 1.74. The highest BCUT2D eigenvalue weighted by Crippen LogP contribution is 2.04. The van der Waals surface area contributed by atoms with Gasteiger partial charge in [-0.2, -0.15) is 0 Å². The molecule has 2 unspecified atom stereocenters. The van der Waals surface area contributed by atoms with Crippen LogP contribution in [0.4, 0.5) is 0 Å². The highest BCUT2D eigenvalue weighted by molar-refractivity contribution is 5.89. The van der Waals surface area contributed by atoms with Crippen LogP contribution >= 0.6 is 0 Å². The van der Waals surface area contributed by atoms with Crippen LogP contribution in [0.2, 0.25) is 0 Å². The minimum atomic E-state index is -0.241. The summed E-state index contributed by atoms with van der Waals surface area (Å²) in [5.41, 5.74) is 0. The number of rotatable bonds is 8. The summed E-state index contributed by atoms with van der Waals surface area (Å²) >= 11 is 0. The molecule has 18 heavy (non-hydrogen) atoms. The summed E-state index contributed by atoms with van der Waals surface area (Å²) in [6.45, 7) is 12.0. The van der Waals surface area contributed by atoms with Crippen molar-refractivity contribution in [2.75, 3.05) is 6.54 Å². The molecular weight excluding hydrogens is 228 g/mol. The average Bonchev–Trinajstić information content (AvgIpc) is 2.30.